The fourth-order valence-corrected chi connectivity index (χ4v) is 3.82. The van der Waals surface area contributed by atoms with E-state index in [0.29, 0.717) is 15.2 Å². The second kappa shape index (κ2) is 4.52. The van der Waals surface area contributed by atoms with Crippen molar-refractivity contribution in [2.45, 2.75) is 0 Å². The molecule has 0 aliphatic carbocycles. The van der Waals surface area contributed by atoms with Crippen LogP contribution in [0.5, 0.6) is 11.7 Å². The van der Waals surface area contributed by atoms with Crippen molar-refractivity contribution in [1.82, 2.24) is 0 Å². The monoisotopic (exact) mass is 398 g/mol. The Kier molecular flexibility index (Phi) is 2.58. The summed E-state index contributed by atoms with van der Waals surface area (Å²) in [4.78, 5) is 24.8. The lowest BCUT2D eigenvalue weighted by atomic mass is 9.97. The van der Waals surface area contributed by atoms with Crippen molar-refractivity contribution in [3.8, 4) is 11.7 Å². The predicted octanol–water partition coefficient (Wildman–Crippen LogP) is 3.82. The topological polar surface area (TPSA) is 101 Å². The summed E-state index contributed by atoms with van der Waals surface area (Å²) in [5.41, 5.74) is -0.897. The Balaban J connectivity index is 2.33. The minimum atomic E-state index is -0.756. The first-order valence-electron chi connectivity index (χ1n) is 7.26. The van der Waals surface area contributed by atoms with Crippen molar-refractivity contribution < 1.29 is 19.0 Å². The van der Waals surface area contributed by atoms with Crippen molar-refractivity contribution in [2.24, 2.45) is 0 Å². The maximum Gasteiger partial charge on any atom is 0.348 e. The number of fused-ring (bicyclic) bond motifs is 2. The minimum absolute atomic E-state index is 0.0404. The molecule has 3 aromatic carbocycles. The molecule has 0 radical (unpaired) electrons. The van der Waals surface area contributed by atoms with Gasteiger partial charge in [0.1, 0.15) is 16.7 Å². The highest BCUT2D eigenvalue weighted by Gasteiger charge is 2.24. The number of phenols is 1. The van der Waals surface area contributed by atoms with Crippen molar-refractivity contribution >= 4 is 59.4 Å². The lowest BCUT2D eigenvalue weighted by Gasteiger charge is -2.13. The highest BCUT2D eigenvalue weighted by atomic mass is 79.9. The van der Waals surface area contributed by atoms with Crippen LogP contribution >= 0.6 is 15.9 Å². The molecular weight excluding hydrogens is 392 g/mol. The van der Waals surface area contributed by atoms with Gasteiger partial charge in [-0.05, 0) is 18.2 Å². The average molecular weight is 399 g/mol. The van der Waals surface area contributed by atoms with E-state index in [0.717, 1.165) is 0 Å². The van der Waals surface area contributed by atoms with Crippen LogP contribution in [0.1, 0.15) is 0 Å². The van der Waals surface area contributed by atoms with Gasteiger partial charge in [0.25, 0.3) is 5.95 Å². The van der Waals surface area contributed by atoms with Gasteiger partial charge in [0, 0.05) is 20.6 Å². The molecule has 0 saturated carbocycles. The third-order valence-electron chi connectivity index (χ3n) is 4.38. The molecule has 0 unspecified atom stereocenters. The fourth-order valence-electron chi connectivity index (χ4n) is 3.39. The predicted molar refractivity (Wildman–Crippen MR) is 95.8 cm³/mol. The second-order valence-corrected chi connectivity index (χ2v) is 6.65. The average Bonchev–Trinajstić information content (AvgIpc) is 2.56. The van der Waals surface area contributed by atoms with E-state index in [1.54, 1.807) is 12.1 Å². The van der Waals surface area contributed by atoms with Crippen LogP contribution in [0.25, 0.3) is 43.5 Å². The number of benzene rings is 3. The molecule has 2 N–H and O–H groups in total. The van der Waals surface area contributed by atoms with Crippen LogP contribution in [-0.2, 0) is 0 Å². The van der Waals surface area contributed by atoms with Crippen molar-refractivity contribution in [3.63, 3.8) is 0 Å². The van der Waals surface area contributed by atoms with Crippen molar-refractivity contribution in [3.05, 3.63) is 55.4 Å². The first-order chi connectivity index (χ1) is 12.0. The largest absolute Gasteiger partial charge is 0.506 e. The molecule has 5 rings (SSSR count). The molecule has 5 aromatic rings. The van der Waals surface area contributed by atoms with Gasteiger partial charge in [0.15, 0.2) is 11.0 Å². The Morgan fingerprint density at radius 3 is 2.48 bits per heavy atom. The molecule has 6 nitrogen and oxygen atoms in total. The zero-order valence-corrected chi connectivity index (χ0v) is 13.9. The summed E-state index contributed by atoms with van der Waals surface area (Å²) < 4.78 is 11.4. The van der Waals surface area contributed by atoms with E-state index >= 15 is 0 Å². The van der Waals surface area contributed by atoms with Gasteiger partial charge in [0.05, 0.1) is 10.8 Å². The van der Waals surface area contributed by atoms with Gasteiger partial charge >= 0.3 is 5.63 Å². The number of phenolic OH excluding ortho intramolecular Hbond substituents is 1. The lowest BCUT2D eigenvalue weighted by molar-refractivity contribution is 0.348. The molecular formula is C18H7BrO6. The maximum absolute atomic E-state index is 12.5. The SMILES string of the molecule is O=c1oc2cc(Br)cc3c(O)oc4c5c(=O)cccc5c(O)c1c4c23. The summed E-state index contributed by atoms with van der Waals surface area (Å²) in [6.45, 7) is 0. The Bertz CT molecular complexity index is 1460. The second-order valence-electron chi connectivity index (χ2n) is 5.73. The molecule has 2 aromatic heterocycles. The standard InChI is InChI=1S/C18H7BrO6/c19-6-4-8-12-10(5-6)24-18(23)14-13(12)16(25-17(8)22)11-7(15(14)21)2-1-3-9(11)20/h1-5,21-22H. The molecule has 0 bridgehead atoms. The van der Waals surface area contributed by atoms with E-state index in [2.05, 4.69) is 15.9 Å². The summed E-state index contributed by atoms with van der Waals surface area (Å²) >= 11 is 3.29. The lowest BCUT2D eigenvalue weighted by Crippen LogP contribution is -2.05. The van der Waals surface area contributed by atoms with Crippen LogP contribution in [0.3, 0.4) is 0 Å². The first-order valence-corrected chi connectivity index (χ1v) is 8.05. The van der Waals surface area contributed by atoms with E-state index in [-0.39, 0.29) is 43.9 Å². The van der Waals surface area contributed by atoms with Crippen LogP contribution < -0.4 is 11.1 Å². The summed E-state index contributed by atoms with van der Waals surface area (Å²) in [7, 11) is 0. The van der Waals surface area contributed by atoms with Crippen molar-refractivity contribution in [2.75, 3.05) is 0 Å². The van der Waals surface area contributed by atoms with Gasteiger partial charge < -0.3 is 19.0 Å². The van der Waals surface area contributed by atoms with E-state index in [4.69, 9.17) is 8.83 Å². The van der Waals surface area contributed by atoms with Crippen LogP contribution in [0.15, 0.2) is 53.2 Å². The molecule has 2 heterocycles. The van der Waals surface area contributed by atoms with Gasteiger partial charge in [0.2, 0.25) is 0 Å². The third-order valence-corrected chi connectivity index (χ3v) is 4.83. The zero-order chi connectivity index (χ0) is 17.5. The Morgan fingerprint density at radius 1 is 0.880 bits per heavy atom. The summed E-state index contributed by atoms with van der Waals surface area (Å²) in [5.74, 6) is -0.759. The highest BCUT2D eigenvalue weighted by Crippen LogP contribution is 2.44. The molecule has 0 spiro atoms. The van der Waals surface area contributed by atoms with Gasteiger partial charge in [-0.2, -0.15) is 0 Å². The smallest absolute Gasteiger partial charge is 0.348 e. The molecule has 0 fully saturated rings. The molecule has 0 atom stereocenters. The van der Waals surface area contributed by atoms with E-state index in [1.165, 1.54) is 18.2 Å². The normalized spacial score (nSPS) is 12.0. The summed E-state index contributed by atoms with van der Waals surface area (Å²) in [6, 6.07) is 7.48. The number of halogens is 1. The number of aromatic hydroxyl groups is 2. The summed E-state index contributed by atoms with van der Waals surface area (Å²) in [5, 5.41) is 22.0. The quantitative estimate of drug-likeness (QED) is 0.233. The van der Waals surface area contributed by atoms with Gasteiger partial charge in [-0.1, -0.05) is 28.1 Å². The van der Waals surface area contributed by atoms with Crippen LogP contribution in [0.4, 0.5) is 0 Å². The van der Waals surface area contributed by atoms with Crippen LogP contribution in [0, 0.1) is 0 Å². The third kappa shape index (κ3) is 1.68. The van der Waals surface area contributed by atoms with E-state index in [9.17, 15) is 19.8 Å². The van der Waals surface area contributed by atoms with E-state index in [1.807, 2.05) is 0 Å². The molecule has 0 aliphatic heterocycles. The zero-order valence-electron chi connectivity index (χ0n) is 12.3. The number of hydrogen-bond acceptors (Lipinski definition) is 6. The molecule has 122 valence electrons. The molecule has 0 saturated heterocycles. The number of hydrogen-bond donors (Lipinski definition) is 2. The van der Waals surface area contributed by atoms with E-state index < -0.39 is 11.6 Å². The van der Waals surface area contributed by atoms with Gasteiger partial charge in [-0.3, -0.25) is 4.79 Å². The fraction of sp³-hybridized carbons (Fsp3) is 0. The molecule has 0 aliphatic rings. The Morgan fingerprint density at radius 2 is 1.68 bits per heavy atom. The Hall–Kier alpha value is -3.06. The van der Waals surface area contributed by atoms with Gasteiger partial charge in [-0.25, -0.2) is 4.79 Å². The maximum atomic E-state index is 12.5. The molecule has 7 heteroatoms. The van der Waals surface area contributed by atoms with Crippen LogP contribution in [-0.4, -0.2) is 10.2 Å². The van der Waals surface area contributed by atoms with Crippen molar-refractivity contribution in [1.29, 1.82) is 0 Å². The highest BCUT2D eigenvalue weighted by molar-refractivity contribution is 9.10. The number of rotatable bonds is 0. The summed E-state index contributed by atoms with van der Waals surface area (Å²) in [6.07, 6.45) is 0. The van der Waals surface area contributed by atoms with Gasteiger partial charge in [-0.15, -0.1) is 0 Å². The Labute approximate surface area is 146 Å². The molecule has 0 amide bonds. The minimum Gasteiger partial charge on any atom is -0.506 e. The van der Waals surface area contributed by atoms with Crippen LogP contribution in [0.2, 0.25) is 0 Å². The molecule has 25 heavy (non-hydrogen) atoms. The first kappa shape index (κ1) is 14.3.